The molecule has 0 aliphatic carbocycles. The maximum atomic E-state index is 12.6. The lowest BCUT2D eigenvalue weighted by Gasteiger charge is -2.10. The Bertz CT molecular complexity index is 624. The van der Waals surface area contributed by atoms with Crippen molar-refractivity contribution < 1.29 is 17.9 Å². The molecule has 1 aromatic heterocycles. The monoisotopic (exact) mass is 302 g/mol. The number of hydrogen-bond acceptors (Lipinski definition) is 3. The number of halogens is 4. The fraction of sp³-hybridized carbons (Fsp3) is 0.231. The van der Waals surface area contributed by atoms with E-state index in [4.69, 9.17) is 16.3 Å². The van der Waals surface area contributed by atoms with Crippen molar-refractivity contribution in [3.8, 4) is 11.6 Å². The summed E-state index contributed by atoms with van der Waals surface area (Å²) in [7, 11) is 0. The Labute approximate surface area is 118 Å². The minimum Gasteiger partial charge on any atom is -0.439 e. The normalized spacial score (nSPS) is 11.5. The fourth-order valence-electron chi connectivity index (χ4n) is 1.71. The summed E-state index contributed by atoms with van der Waals surface area (Å²) in [4.78, 5) is 6.77. The van der Waals surface area contributed by atoms with Gasteiger partial charge < -0.3 is 4.74 Å². The molecule has 2 aromatic rings. The molecule has 0 aliphatic heterocycles. The highest BCUT2D eigenvalue weighted by Crippen LogP contribution is 2.31. The van der Waals surface area contributed by atoms with Crippen molar-refractivity contribution in [1.82, 2.24) is 9.97 Å². The molecule has 106 valence electrons. The van der Waals surface area contributed by atoms with Gasteiger partial charge in [-0.15, -0.1) is 0 Å². The van der Waals surface area contributed by atoms with Gasteiger partial charge in [0.15, 0.2) is 5.69 Å². The maximum Gasteiger partial charge on any atom is 0.433 e. The van der Waals surface area contributed by atoms with Gasteiger partial charge in [-0.05, 0) is 48.7 Å². The molecule has 0 N–H and O–H groups in total. The predicted molar refractivity (Wildman–Crippen MR) is 68.0 cm³/mol. The van der Waals surface area contributed by atoms with Gasteiger partial charge in [0.25, 0.3) is 0 Å². The van der Waals surface area contributed by atoms with E-state index in [0.717, 1.165) is 11.1 Å². The van der Waals surface area contributed by atoms with Gasteiger partial charge in [-0.2, -0.15) is 18.2 Å². The molecule has 3 nitrogen and oxygen atoms in total. The highest BCUT2D eigenvalue weighted by molar-refractivity contribution is 6.28. The van der Waals surface area contributed by atoms with E-state index in [-0.39, 0.29) is 5.88 Å². The lowest BCUT2D eigenvalue weighted by atomic mass is 10.1. The first-order chi connectivity index (χ1) is 9.24. The van der Waals surface area contributed by atoms with Gasteiger partial charge in [0.05, 0.1) is 0 Å². The Morgan fingerprint density at radius 3 is 2.15 bits per heavy atom. The van der Waals surface area contributed by atoms with E-state index >= 15 is 0 Å². The van der Waals surface area contributed by atoms with Crippen LogP contribution in [0.4, 0.5) is 13.2 Å². The van der Waals surface area contributed by atoms with Crippen LogP contribution in [0.5, 0.6) is 11.6 Å². The van der Waals surface area contributed by atoms with Gasteiger partial charge in [-0.3, -0.25) is 0 Å². The lowest BCUT2D eigenvalue weighted by Crippen LogP contribution is -2.09. The zero-order valence-corrected chi connectivity index (χ0v) is 11.4. The minimum atomic E-state index is -4.60. The van der Waals surface area contributed by atoms with E-state index in [9.17, 15) is 13.2 Å². The molecule has 0 bridgehead atoms. The van der Waals surface area contributed by atoms with E-state index in [2.05, 4.69) is 9.97 Å². The van der Waals surface area contributed by atoms with Crippen LogP contribution in [0.25, 0.3) is 0 Å². The van der Waals surface area contributed by atoms with E-state index in [1.807, 2.05) is 19.9 Å². The van der Waals surface area contributed by atoms with Crippen molar-refractivity contribution in [2.24, 2.45) is 0 Å². The molecule has 0 unspecified atom stereocenters. The number of aromatic nitrogens is 2. The van der Waals surface area contributed by atoms with Gasteiger partial charge in [0, 0.05) is 6.07 Å². The summed E-state index contributed by atoms with van der Waals surface area (Å²) in [6, 6.07) is 6.01. The number of alkyl halides is 3. The summed E-state index contributed by atoms with van der Waals surface area (Å²) < 4.78 is 43.2. The second-order valence-electron chi connectivity index (χ2n) is 4.28. The third kappa shape index (κ3) is 3.60. The molecule has 0 aliphatic rings. The maximum absolute atomic E-state index is 12.6. The van der Waals surface area contributed by atoms with Crippen molar-refractivity contribution in [2.45, 2.75) is 20.0 Å². The van der Waals surface area contributed by atoms with Crippen molar-refractivity contribution in [3.05, 3.63) is 46.4 Å². The second kappa shape index (κ2) is 5.28. The van der Waals surface area contributed by atoms with Crippen LogP contribution in [-0.4, -0.2) is 9.97 Å². The molecule has 0 saturated heterocycles. The first-order valence-corrected chi connectivity index (χ1v) is 6.00. The van der Waals surface area contributed by atoms with Gasteiger partial charge in [0.2, 0.25) is 11.2 Å². The Morgan fingerprint density at radius 2 is 1.60 bits per heavy atom. The number of aryl methyl sites for hydroxylation is 2. The quantitative estimate of drug-likeness (QED) is 0.763. The van der Waals surface area contributed by atoms with Crippen LogP contribution in [0.15, 0.2) is 24.3 Å². The third-order valence-corrected chi connectivity index (χ3v) is 2.55. The molecule has 1 heterocycles. The number of nitrogens with zero attached hydrogens (tertiary/aromatic N) is 2. The van der Waals surface area contributed by atoms with Gasteiger partial charge in [-0.1, -0.05) is 6.07 Å². The van der Waals surface area contributed by atoms with E-state index in [1.54, 1.807) is 12.1 Å². The summed E-state index contributed by atoms with van der Waals surface area (Å²) >= 11 is 5.48. The Balaban J connectivity index is 2.36. The number of rotatable bonds is 2. The number of ether oxygens (including phenoxy) is 1. The Morgan fingerprint density at radius 1 is 1.00 bits per heavy atom. The Kier molecular flexibility index (Phi) is 3.85. The van der Waals surface area contributed by atoms with E-state index in [1.165, 1.54) is 0 Å². The third-order valence-electron chi connectivity index (χ3n) is 2.38. The molecule has 2 rings (SSSR count). The average Bonchev–Trinajstić information content (AvgIpc) is 2.25. The average molecular weight is 303 g/mol. The lowest BCUT2D eigenvalue weighted by molar-refractivity contribution is -0.141. The molecular weight excluding hydrogens is 293 g/mol. The second-order valence-corrected chi connectivity index (χ2v) is 4.62. The van der Waals surface area contributed by atoms with Gasteiger partial charge >= 0.3 is 6.18 Å². The molecule has 0 saturated carbocycles. The topological polar surface area (TPSA) is 35.0 Å². The summed E-state index contributed by atoms with van der Waals surface area (Å²) in [5.74, 6) is 0.146. The van der Waals surface area contributed by atoms with Crippen LogP contribution in [0.1, 0.15) is 16.8 Å². The number of hydrogen-bond donors (Lipinski definition) is 0. The number of benzene rings is 1. The standard InChI is InChI=1S/C13H10ClF3N2O/c1-7-3-8(2)5-9(4-7)20-11-6-10(13(15,16)17)18-12(14)19-11/h3-6H,1-2H3. The molecule has 20 heavy (non-hydrogen) atoms. The van der Waals surface area contributed by atoms with Gasteiger partial charge in [-0.25, -0.2) is 4.98 Å². The van der Waals surface area contributed by atoms with Crippen LogP contribution < -0.4 is 4.74 Å². The van der Waals surface area contributed by atoms with Crippen molar-refractivity contribution >= 4 is 11.6 Å². The van der Waals surface area contributed by atoms with Crippen LogP contribution in [0.3, 0.4) is 0 Å². The summed E-state index contributed by atoms with van der Waals surface area (Å²) in [6.45, 7) is 3.71. The van der Waals surface area contributed by atoms with E-state index < -0.39 is 17.2 Å². The fourth-order valence-corrected chi connectivity index (χ4v) is 1.88. The highest BCUT2D eigenvalue weighted by atomic mass is 35.5. The zero-order valence-electron chi connectivity index (χ0n) is 10.6. The molecule has 0 fully saturated rings. The molecule has 0 amide bonds. The first-order valence-electron chi connectivity index (χ1n) is 5.62. The smallest absolute Gasteiger partial charge is 0.433 e. The molecular formula is C13H10ClF3N2O. The minimum absolute atomic E-state index is 0.248. The van der Waals surface area contributed by atoms with E-state index in [0.29, 0.717) is 11.8 Å². The van der Waals surface area contributed by atoms with Crippen LogP contribution >= 0.6 is 11.6 Å². The molecule has 0 radical (unpaired) electrons. The molecule has 7 heteroatoms. The van der Waals surface area contributed by atoms with Crippen LogP contribution in [0, 0.1) is 13.8 Å². The summed E-state index contributed by atoms with van der Waals surface area (Å²) in [5, 5.41) is -0.515. The van der Waals surface area contributed by atoms with Crippen LogP contribution in [0.2, 0.25) is 5.28 Å². The van der Waals surface area contributed by atoms with Crippen molar-refractivity contribution in [2.75, 3.05) is 0 Å². The van der Waals surface area contributed by atoms with Crippen LogP contribution in [-0.2, 0) is 6.18 Å². The molecule has 0 atom stereocenters. The summed E-state index contributed by atoms with van der Waals surface area (Å²) in [5.41, 5.74) is 0.712. The largest absolute Gasteiger partial charge is 0.439 e. The highest BCUT2D eigenvalue weighted by Gasteiger charge is 2.34. The molecule has 1 aromatic carbocycles. The SMILES string of the molecule is Cc1cc(C)cc(Oc2cc(C(F)(F)F)nc(Cl)n2)c1. The van der Waals surface area contributed by atoms with Gasteiger partial charge in [0.1, 0.15) is 5.75 Å². The van der Waals surface area contributed by atoms with Crippen molar-refractivity contribution in [3.63, 3.8) is 0 Å². The first kappa shape index (κ1) is 14.6. The summed E-state index contributed by atoms with van der Waals surface area (Å²) in [6.07, 6.45) is -4.60. The Hall–Kier alpha value is -1.82. The zero-order chi connectivity index (χ0) is 14.9. The predicted octanol–water partition coefficient (Wildman–Crippen LogP) is 4.56. The molecule has 0 spiro atoms. The van der Waals surface area contributed by atoms with Crippen molar-refractivity contribution in [1.29, 1.82) is 0 Å².